The van der Waals surface area contributed by atoms with E-state index < -0.39 is 12.3 Å². The second-order valence-electron chi connectivity index (χ2n) is 9.09. The van der Waals surface area contributed by atoms with E-state index in [0.717, 1.165) is 27.4 Å². The Balaban J connectivity index is 1.23. The number of ether oxygens (including phenoxy) is 4. The molecule has 1 heterocycles. The number of aromatic nitrogens is 1. The Labute approximate surface area is 226 Å². The molecule has 0 bridgehead atoms. The lowest BCUT2D eigenvalue weighted by molar-refractivity contribution is 0.0352. The molecule has 1 aromatic heterocycles. The summed E-state index contributed by atoms with van der Waals surface area (Å²) in [5, 5.41) is 15.1. The van der Waals surface area contributed by atoms with E-state index in [1.807, 2.05) is 61.5 Å². The number of carbonyl (C=O) groups is 1. The number of fused-ring (bicyclic) bond motifs is 3. The number of nitrogens with one attached hydrogen (secondary N) is 2. The maximum Gasteiger partial charge on any atom is 0.514 e. The van der Waals surface area contributed by atoms with Crippen LogP contribution in [0.2, 0.25) is 0 Å². The summed E-state index contributed by atoms with van der Waals surface area (Å²) in [6.07, 6.45) is -1.46. The average Bonchev–Trinajstić information content (AvgIpc) is 3.33. The number of H-pyrrole nitrogens is 1. The first-order valence-corrected chi connectivity index (χ1v) is 12.8. The second-order valence-corrected chi connectivity index (χ2v) is 9.09. The van der Waals surface area contributed by atoms with Gasteiger partial charge < -0.3 is 34.4 Å². The summed E-state index contributed by atoms with van der Waals surface area (Å²) in [6.45, 7) is 3.14. The maximum atomic E-state index is 12.6. The van der Waals surface area contributed by atoms with Gasteiger partial charge in [0.05, 0.1) is 5.52 Å². The van der Waals surface area contributed by atoms with Gasteiger partial charge in [0.1, 0.15) is 24.7 Å². The van der Waals surface area contributed by atoms with Gasteiger partial charge in [0.15, 0.2) is 17.6 Å². The Morgan fingerprint density at radius 2 is 1.62 bits per heavy atom. The first-order valence-electron chi connectivity index (χ1n) is 12.8. The van der Waals surface area contributed by atoms with Gasteiger partial charge in [0, 0.05) is 29.4 Å². The lowest BCUT2D eigenvalue weighted by atomic mass is 10.1. The molecule has 0 aliphatic carbocycles. The van der Waals surface area contributed by atoms with Crippen LogP contribution < -0.4 is 19.5 Å². The minimum Gasteiger partial charge on any atom is -0.504 e. The highest BCUT2D eigenvalue weighted by Gasteiger charge is 2.19. The molecule has 8 nitrogen and oxygen atoms in total. The van der Waals surface area contributed by atoms with Crippen molar-refractivity contribution in [1.82, 2.24) is 10.3 Å². The molecule has 0 saturated heterocycles. The average molecular weight is 527 g/mol. The molecule has 0 saturated carbocycles. The van der Waals surface area contributed by atoms with Crippen molar-refractivity contribution in [2.45, 2.75) is 13.0 Å². The van der Waals surface area contributed by atoms with Gasteiger partial charge in [0.25, 0.3) is 0 Å². The number of phenols is 1. The van der Waals surface area contributed by atoms with Crippen LogP contribution >= 0.6 is 0 Å². The van der Waals surface area contributed by atoms with E-state index in [4.69, 9.17) is 18.9 Å². The number of aromatic hydroxyl groups is 1. The van der Waals surface area contributed by atoms with E-state index in [9.17, 15) is 9.90 Å². The van der Waals surface area contributed by atoms with Gasteiger partial charge in [0.2, 0.25) is 0 Å². The Hall–Kier alpha value is -4.69. The molecule has 4 aromatic carbocycles. The smallest absolute Gasteiger partial charge is 0.504 e. The standard InChI is InChI=1S/C31H30N2O6/c1-21-13-15-22(16-14-21)38-31(35)39-23(19-32-17-18-36-28-11-5-4-10-27(28)34)20-37-29-12-6-9-26-30(29)24-7-2-3-8-25(24)33-26/h2-16,23,32-34H,17-20H2,1H3. The van der Waals surface area contributed by atoms with E-state index in [2.05, 4.69) is 10.3 Å². The largest absolute Gasteiger partial charge is 0.514 e. The molecule has 3 N–H and O–H groups in total. The van der Waals surface area contributed by atoms with Gasteiger partial charge in [-0.3, -0.25) is 0 Å². The molecule has 0 fully saturated rings. The summed E-state index contributed by atoms with van der Waals surface area (Å²) in [4.78, 5) is 16.0. The topological polar surface area (TPSA) is 102 Å². The van der Waals surface area contributed by atoms with Crippen LogP contribution in [-0.2, 0) is 4.74 Å². The van der Waals surface area contributed by atoms with Crippen molar-refractivity contribution < 1.29 is 28.8 Å². The van der Waals surface area contributed by atoms with E-state index in [-0.39, 0.29) is 12.4 Å². The van der Waals surface area contributed by atoms with Crippen LogP contribution in [0.3, 0.4) is 0 Å². The third-order valence-electron chi connectivity index (χ3n) is 6.18. The van der Waals surface area contributed by atoms with Crippen LogP contribution in [0, 0.1) is 6.92 Å². The quantitative estimate of drug-likeness (QED) is 0.111. The Kier molecular flexibility index (Phi) is 8.14. The predicted molar refractivity (Wildman–Crippen MR) is 150 cm³/mol. The highest BCUT2D eigenvalue weighted by molar-refractivity contribution is 6.10. The number of aromatic amines is 1. The van der Waals surface area contributed by atoms with E-state index in [1.54, 1.807) is 36.4 Å². The summed E-state index contributed by atoms with van der Waals surface area (Å²) < 4.78 is 22.8. The fraction of sp³-hybridized carbons (Fsp3) is 0.194. The van der Waals surface area contributed by atoms with Crippen molar-refractivity contribution in [3.8, 4) is 23.0 Å². The third-order valence-corrected chi connectivity index (χ3v) is 6.18. The van der Waals surface area contributed by atoms with Gasteiger partial charge in [-0.15, -0.1) is 0 Å². The number of aryl methyl sites for hydroxylation is 1. The van der Waals surface area contributed by atoms with Gasteiger partial charge in [-0.05, 0) is 49.4 Å². The summed E-state index contributed by atoms with van der Waals surface area (Å²) in [5.41, 5.74) is 3.04. The van der Waals surface area contributed by atoms with Gasteiger partial charge in [-0.2, -0.15) is 0 Å². The molecule has 0 spiro atoms. The zero-order valence-electron chi connectivity index (χ0n) is 21.6. The molecule has 39 heavy (non-hydrogen) atoms. The number of hydrogen-bond donors (Lipinski definition) is 3. The Morgan fingerprint density at radius 1 is 0.872 bits per heavy atom. The van der Waals surface area contributed by atoms with Gasteiger partial charge in [-0.25, -0.2) is 4.79 Å². The zero-order valence-corrected chi connectivity index (χ0v) is 21.6. The lowest BCUT2D eigenvalue weighted by Crippen LogP contribution is -2.37. The van der Waals surface area contributed by atoms with E-state index >= 15 is 0 Å². The molecule has 0 amide bonds. The number of phenolic OH excluding ortho intramolecular Hbond substituents is 1. The summed E-state index contributed by atoms with van der Waals surface area (Å²) in [5.74, 6) is 1.58. The Morgan fingerprint density at radius 3 is 2.46 bits per heavy atom. The number of carbonyl (C=O) groups excluding carboxylic acids is 1. The van der Waals surface area contributed by atoms with Gasteiger partial charge in [-0.1, -0.05) is 54.1 Å². The fourth-order valence-electron chi connectivity index (χ4n) is 4.24. The molecule has 0 aliphatic rings. The highest BCUT2D eigenvalue weighted by atomic mass is 16.7. The van der Waals surface area contributed by atoms with Crippen molar-refractivity contribution in [2.24, 2.45) is 0 Å². The van der Waals surface area contributed by atoms with Crippen LogP contribution in [0.25, 0.3) is 21.8 Å². The van der Waals surface area contributed by atoms with Crippen molar-refractivity contribution >= 4 is 28.0 Å². The van der Waals surface area contributed by atoms with Crippen molar-refractivity contribution in [1.29, 1.82) is 0 Å². The highest BCUT2D eigenvalue weighted by Crippen LogP contribution is 2.33. The minimum atomic E-state index is -0.815. The van der Waals surface area contributed by atoms with Crippen LogP contribution in [-0.4, -0.2) is 48.7 Å². The lowest BCUT2D eigenvalue weighted by Gasteiger charge is -2.19. The molecule has 0 radical (unpaired) electrons. The molecular weight excluding hydrogens is 496 g/mol. The molecule has 1 unspecified atom stereocenters. The molecule has 1 atom stereocenters. The molecule has 8 heteroatoms. The van der Waals surface area contributed by atoms with E-state index in [1.165, 1.54) is 0 Å². The van der Waals surface area contributed by atoms with Crippen LogP contribution in [0.15, 0.2) is 91.0 Å². The first-order chi connectivity index (χ1) is 19.1. The Bertz CT molecular complexity index is 1550. The molecule has 0 aliphatic heterocycles. The maximum absolute atomic E-state index is 12.6. The SMILES string of the molecule is Cc1ccc(OC(=O)OC(CNCCOc2ccccc2O)COc2cccc3[nH]c4ccccc4c23)cc1. The van der Waals surface area contributed by atoms with Crippen molar-refractivity contribution in [3.63, 3.8) is 0 Å². The predicted octanol–water partition coefficient (Wildman–Crippen LogP) is 5.97. The normalized spacial score (nSPS) is 11.8. The summed E-state index contributed by atoms with van der Waals surface area (Å²) in [7, 11) is 0. The van der Waals surface area contributed by atoms with Gasteiger partial charge >= 0.3 is 6.16 Å². The monoisotopic (exact) mass is 526 g/mol. The van der Waals surface area contributed by atoms with E-state index in [0.29, 0.717) is 36.9 Å². The number of rotatable bonds is 11. The van der Waals surface area contributed by atoms with Crippen LogP contribution in [0.1, 0.15) is 5.56 Å². The number of hydrogen-bond acceptors (Lipinski definition) is 7. The first kappa shape index (κ1) is 25.9. The van der Waals surface area contributed by atoms with Crippen molar-refractivity contribution in [2.75, 3.05) is 26.3 Å². The fourth-order valence-corrected chi connectivity index (χ4v) is 4.24. The molecule has 5 aromatic rings. The van der Waals surface area contributed by atoms with Crippen molar-refractivity contribution in [3.05, 3.63) is 96.6 Å². The van der Waals surface area contributed by atoms with Crippen LogP contribution in [0.5, 0.6) is 23.0 Å². The molecule has 5 rings (SSSR count). The van der Waals surface area contributed by atoms with Crippen LogP contribution in [0.4, 0.5) is 4.79 Å². The molecule has 200 valence electrons. The summed E-state index contributed by atoms with van der Waals surface area (Å²) >= 11 is 0. The third kappa shape index (κ3) is 6.61. The number of para-hydroxylation sites is 3. The minimum absolute atomic E-state index is 0.0809. The second kappa shape index (κ2) is 12.2. The zero-order chi connectivity index (χ0) is 27.0. The number of benzene rings is 4. The summed E-state index contributed by atoms with van der Waals surface area (Å²) in [6, 6.07) is 27.8. The molecular formula is C31H30N2O6.